The summed E-state index contributed by atoms with van der Waals surface area (Å²) in [5, 5.41) is 0. The molecule has 0 saturated carbocycles. The third kappa shape index (κ3) is 2.37. The molecule has 0 aliphatic rings. The number of halogens is 3. The zero-order valence-electron chi connectivity index (χ0n) is 9.20. The van der Waals surface area contributed by atoms with Crippen molar-refractivity contribution in [1.82, 2.24) is 4.98 Å². The molecular formula is C12H10F3N3. The number of rotatable bonds is 1. The number of hydrogen-bond donors (Lipinski definition) is 2. The second-order valence-electron chi connectivity index (χ2n) is 3.78. The van der Waals surface area contributed by atoms with E-state index in [4.69, 9.17) is 11.5 Å². The minimum Gasteiger partial charge on any atom is -0.397 e. The zero-order chi connectivity index (χ0) is 13.3. The summed E-state index contributed by atoms with van der Waals surface area (Å²) in [6.07, 6.45) is -2.94. The largest absolute Gasteiger partial charge is 0.416 e. The van der Waals surface area contributed by atoms with Gasteiger partial charge < -0.3 is 11.5 Å². The normalized spacial score (nSPS) is 11.5. The third-order valence-corrected chi connectivity index (χ3v) is 2.42. The van der Waals surface area contributed by atoms with Gasteiger partial charge in [0.05, 0.1) is 28.8 Å². The highest BCUT2D eigenvalue weighted by Crippen LogP contribution is 2.31. The summed E-state index contributed by atoms with van der Waals surface area (Å²) in [6, 6.07) is 6.16. The van der Waals surface area contributed by atoms with E-state index in [0.717, 1.165) is 12.1 Å². The highest BCUT2D eigenvalue weighted by Gasteiger charge is 2.30. The fourth-order valence-corrected chi connectivity index (χ4v) is 1.56. The molecule has 0 bridgehead atoms. The van der Waals surface area contributed by atoms with Crippen LogP contribution in [-0.2, 0) is 6.18 Å². The standard InChI is InChI=1S/C12H10F3N3/c13-12(14,15)8-3-1-7(2-4-8)11-10(17)5-9(16)6-18-11/h1-6H,16-17H2. The maximum absolute atomic E-state index is 12.4. The molecule has 6 heteroatoms. The minimum absolute atomic E-state index is 0.328. The summed E-state index contributed by atoms with van der Waals surface area (Å²) in [5.41, 5.74) is 12.2. The van der Waals surface area contributed by atoms with Gasteiger partial charge in [-0.2, -0.15) is 13.2 Å². The molecule has 1 aromatic heterocycles. The van der Waals surface area contributed by atoms with Crippen LogP contribution in [0.1, 0.15) is 5.56 Å². The van der Waals surface area contributed by atoms with E-state index in [9.17, 15) is 13.2 Å². The number of nitrogen functional groups attached to an aromatic ring is 2. The lowest BCUT2D eigenvalue weighted by atomic mass is 10.1. The van der Waals surface area contributed by atoms with Crippen LogP contribution in [0.25, 0.3) is 11.3 Å². The van der Waals surface area contributed by atoms with Crippen molar-refractivity contribution in [1.29, 1.82) is 0 Å². The Morgan fingerprint density at radius 1 is 1.00 bits per heavy atom. The van der Waals surface area contributed by atoms with Crippen LogP contribution in [0, 0.1) is 0 Å². The first kappa shape index (κ1) is 12.2. The van der Waals surface area contributed by atoms with Crippen LogP contribution in [0.3, 0.4) is 0 Å². The Labute approximate surface area is 101 Å². The van der Waals surface area contributed by atoms with E-state index >= 15 is 0 Å². The van der Waals surface area contributed by atoms with Crippen LogP contribution in [0.5, 0.6) is 0 Å². The van der Waals surface area contributed by atoms with Gasteiger partial charge in [0.25, 0.3) is 0 Å². The zero-order valence-corrected chi connectivity index (χ0v) is 9.20. The molecule has 0 fully saturated rings. The molecule has 2 aromatic rings. The molecule has 0 unspecified atom stereocenters. The second-order valence-corrected chi connectivity index (χ2v) is 3.78. The molecule has 0 aliphatic heterocycles. The number of pyridine rings is 1. The average molecular weight is 253 g/mol. The number of anilines is 2. The SMILES string of the molecule is Nc1cnc(-c2ccc(C(F)(F)F)cc2)c(N)c1. The first-order chi connectivity index (χ1) is 8.38. The van der Waals surface area contributed by atoms with Gasteiger partial charge in [-0.3, -0.25) is 4.98 Å². The van der Waals surface area contributed by atoms with Gasteiger partial charge in [0.1, 0.15) is 0 Å². The molecule has 1 heterocycles. The Hall–Kier alpha value is -2.24. The Bertz CT molecular complexity index is 562. The van der Waals surface area contributed by atoms with Crippen molar-refractivity contribution < 1.29 is 13.2 Å². The van der Waals surface area contributed by atoms with Gasteiger partial charge in [0.15, 0.2) is 0 Å². The van der Waals surface area contributed by atoms with Gasteiger partial charge in [-0.25, -0.2) is 0 Å². The lowest BCUT2D eigenvalue weighted by Gasteiger charge is -2.09. The predicted molar refractivity (Wildman–Crippen MR) is 63.5 cm³/mol. The number of nitrogens with zero attached hydrogens (tertiary/aromatic N) is 1. The summed E-state index contributed by atoms with van der Waals surface area (Å²) >= 11 is 0. The summed E-state index contributed by atoms with van der Waals surface area (Å²) in [7, 11) is 0. The molecule has 2 rings (SSSR count). The molecule has 94 valence electrons. The number of benzene rings is 1. The van der Waals surface area contributed by atoms with Crippen molar-refractivity contribution in [2.45, 2.75) is 6.18 Å². The number of nitrogens with two attached hydrogens (primary N) is 2. The van der Waals surface area contributed by atoms with Crippen LogP contribution in [0.4, 0.5) is 24.5 Å². The van der Waals surface area contributed by atoms with Crippen molar-refractivity contribution in [2.24, 2.45) is 0 Å². The fourth-order valence-electron chi connectivity index (χ4n) is 1.56. The second kappa shape index (κ2) is 4.21. The monoisotopic (exact) mass is 253 g/mol. The van der Waals surface area contributed by atoms with Crippen molar-refractivity contribution in [2.75, 3.05) is 11.5 Å². The topological polar surface area (TPSA) is 64.9 Å². The summed E-state index contributed by atoms with van der Waals surface area (Å²) in [6.45, 7) is 0. The lowest BCUT2D eigenvalue weighted by Crippen LogP contribution is -2.04. The molecular weight excluding hydrogens is 243 g/mol. The maximum atomic E-state index is 12.4. The van der Waals surface area contributed by atoms with Crippen molar-refractivity contribution in [3.8, 4) is 11.3 Å². The smallest absolute Gasteiger partial charge is 0.397 e. The molecule has 0 atom stereocenters. The van der Waals surface area contributed by atoms with Gasteiger partial charge in [0, 0.05) is 5.56 Å². The van der Waals surface area contributed by atoms with E-state index in [1.807, 2.05) is 0 Å². The van der Waals surface area contributed by atoms with Crippen LogP contribution in [0.2, 0.25) is 0 Å². The highest BCUT2D eigenvalue weighted by molar-refractivity contribution is 5.74. The lowest BCUT2D eigenvalue weighted by molar-refractivity contribution is -0.137. The van der Waals surface area contributed by atoms with E-state index in [-0.39, 0.29) is 0 Å². The predicted octanol–water partition coefficient (Wildman–Crippen LogP) is 2.93. The fraction of sp³-hybridized carbons (Fsp3) is 0.0833. The average Bonchev–Trinajstić information content (AvgIpc) is 2.28. The molecule has 4 N–H and O–H groups in total. The van der Waals surface area contributed by atoms with E-state index in [1.165, 1.54) is 24.4 Å². The first-order valence-corrected chi connectivity index (χ1v) is 5.06. The molecule has 3 nitrogen and oxygen atoms in total. The van der Waals surface area contributed by atoms with Crippen LogP contribution >= 0.6 is 0 Å². The summed E-state index contributed by atoms with van der Waals surface area (Å²) in [4.78, 5) is 4.01. The van der Waals surface area contributed by atoms with Gasteiger partial charge in [0.2, 0.25) is 0 Å². The molecule has 0 saturated heterocycles. The molecule has 0 radical (unpaired) electrons. The molecule has 0 spiro atoms. The Kier molecular flexibility index (Phi) is 2.86. The van der Waals surface area contributed by atoms with Crippen molar-refractivity contribution in [3.63, 3.8) is 0 Å². The Morgan fingerprint density at radius 3 is 2.11 bits per heavy atom. The molecule has 0 amide bonds. The summed E-state index contributed by atoms with van der Waals surface area (Å²) in [5.74, 6) is 0. The number of aromatic nitrogens is 1. The van der Waals surface area contributed by atoms with Crippen LogP contribution in [-0.4, -0.2) is 4.98 Å². The van der Waals surface area contributed by atoms with Gasteiger partial charge in [-0.05, 0) is 18.2 Å². The quantitative estimate of drug-likeness (QED) is 0.821. The van der Waals surface area contributed by atoms with E-state index in [2.05, 4.69) is 4.98 Å². The van der Waals surface area contributed by atoms with Gasteiger partial charge >= 0.3 is 6.18 Å². The number of hydrogen-bond acceptors (Lipinski definition) is 3. The maximum Gasteiger partial charge on any atom is 0.416 e. The van der Waals surface area contributed by atoms with Gasteiger partial charge in [-0.1, -0.05) is 12.1 Å². The number of alkyl halides is 3. The molecule has 1 aromatic carbocycles. The Morgan fingerprint density at radius 2 is 1.61 bits per heavy atom. The summed E-state index contributed by atoms with van der Waals surface area (Å²) < 4.78 is 37.2. The van der Waals surface area contributed by atoms with Crippen molar-refractivity contribution >= 4 is 11.4 Å². The first-order valence-electron chi connectivity index (χ1n) is 5.06. The van der Waals surface area contributed by atoms with E-state index in [1.54, 1.807) is 0 Å². The van der Waals surface area contributed by atoms with E-state index < -0.39 is 11.7 Å². The van der Waals surface area contributed by atoms with Gasteiger partial charge in [-0.15, -0.1) is 0 Å². The molecule has 18 heavy (non-hydrogen) atoms. The Balaban J connectivity index is 2.41. The minimum atomic E-state index is -4.35. The molecule has 0 aliphatic carbocycles. The highest BCUT2D eigenvalue weighted by atomic mass is 19.4. The third-order valence-electron chi connectivity index (χ3n) is 2.42. The van der Waals surface area contributed by atoms with E-state index in [0.29, 0.717) is 22.6 Å². The van der Waals surface area contributed by atoms with Crippen molar-refractivity contribution in [3.05, 3.63) is 42.1 Å². The van der Waals surface area contributed by atoms with Crippen LogP contribution in [0.15, 0.2) is 36.5 Å². The van der Waals surface area contributed by atoms with Crippen LogP contribution < -0.4 is 11.5 Å².